The van der Waals surface area contributed by atoms with E-state index in [0.717, 1.165) is 50.4 Å². The summed E-state index contributed by atoms with van der Waals surface area (Å²) in [6.07, 6.45) is 2.06. The quantitative estimate of drug-likeness (QED) is 0.632. The van der Waals surface area contributed by atoms with Crippen molar-refractivity contribution >= 4 is 23.2 Å². The van der Waals surface area contributed by atoms with E-state index >= 15 is 0 Å². The molecular weight excluding hydrogens is 402 g/mol. The SMILES string of the molecule is CCCCOc1cccc(C(=O)Nc2ccc(N3CCN(C(=O)C(C)(C)C)CC3)cc2)c1. The lowest BCUT2D eigenvalue weighted by Gasteiger charge is -2.38. The smallest absolute Gasteiger partial charge is 0.255 e. The first-order valence-electron chi connectivity index (χ1n) is 11.5. The Morgan fingerprint density at radius 1 is 1.00 bits per heavy atom. The van der Waals surface area contributed by atoms with Crippen LogP contribution in [0.4, 0.5) is 11.4 Å². The second kappa shape index (κ2) is 10.5. The highest BCUT2D eigenvalue weighted by molar-refractivity contribution is 6.04. The maximum absolute atomic E-state index is 12.6. The van der Waals surface area contributed by atoms with Gasteiger partial charge in [0.25, 0.3) is 5.91 Å². The van der Waals surface area contributed by atoms with E-state index in [-0.39, 0.29) is 17.2 Å². The van der Waals surface area contributed by atoms with Gasteiger partial charge in [-0.15, -0.1) is 0 Å². The van der Waals surface area contributed by atoms with Crippen LogP contribution in [0.5, 0.6) is 5.75 Å². The van der Waals surface area contributed by atoms with Crippen molar-refractivity contribution in [3.8, 4) is 5.75 Å². The predicted octanol–water partition coefficient (Wildman–Crippen LogP) is 4.81. The maximum atomic E-state index is 12.6. The number of anilines is 2. The van der Waals surface area contributed by atoms with Gasteiger partial charge in [0.15, 0.2) is 0 Å². The highest BCUT2D eigenvalue weighted by Crippen LogP contribution is 2.23. The van der Waals surface area contributed by atoms with Crippen molar-refractivity contribution in [1.82, 2.24) is 4.90 Å². The van der Waals surface area contributed by atoms with Crippen LogP contribution in [0.2, 0.25) is 0 Å². The molecule has 6 heteroatoms. The van der Waals surface area contributed by atoms with E-state index in [1.807, 2.05) is 62.1 Å². The fourth-order valence-corrected chi connectivity index (χ4v) is 3.66. The van der Waals surface area contributed by atoms with Gasteiger partial charge in [-0.3, -0.25) is 9.59 Å². The van der Waals surface area contributed by atoms with E-state index in [2.05, 4.69) is 17.1 Å². The third kappa shape index (κ3) is 6.25. The molecule has 2 aromatic rings. The van der Waals surface area contributed by atoms with Crippen LogP contribution in [-0.2, 0) is 4.79 Å². The van der Waals surface area contributed by atoms with Gasteiger partial charge >= 0.3 is 0 Å². The minimum atomic E-state index is -0.344. The lowest BCUT2D eigenvalue weighted by atomic mass is 9.94. The predicted molar refractivity (Wildman–Crippen MR) is 129 cm³/mol. The Morgan fingerprint density at radius 2 is 1.69 bits per heavy atom. The Labute approximate surface area is 191 Å². The summed E-state index contributed by atoms with van der Waals surface area (Å²) in [6.45, 7) is 11.7. The Kier molecular flexibility index (Phi) is 7.78. The van der Waals surface area contributed by atoms with Crippen LogP contribution < -0.4 is 15.0 Å². The van der Waals surface area contributed by atoms with E-state index in [4.69, 9.17) is 4.74 Å². The van der Waals surface area contributed by atoms with Crippen LogP contribution in [0.3, 0.4) is 0 Å². The van der Waals surface area contributed by atoms with E-state index < -0.39 is 0 Å². The summed E-state index contributed by atoms with van der Waals surface area (Å²) in [5.41, 5.74) is 2.07. The second-order valence-corrected chi connectivity index (χ2v) is 9.26. The van der Waals surface area contributed by atoms with Crippen molar-refractivity contribution in [1.29, 1.82) is 0 Å². The van der Waals surface area contributed by atoms with Crippen molar-refractivity contribution in [2.45, 2.75) is 40.5 Å². The Balaban J connectivity index is 1.55. The molecule has 1 aliphatic heterocycles. The van der Waals surface area contributed by atoms with Gasteiger partial charge in [-0.05, 0) is 48.9 Å². The first-order chi connectivity index (χ1) is 15.3. The van der Waals surface area contributed by atoms with Gasteiger partial charge in [0.05, 0.1) is 6.61 Å². The molecule has 0 aliphatic carbocycles. The Bertz CT molecular complexity index is 911. The molecule has 6 nitrogen and oxygen atoms in total. The summed E-state index contributed by atoms with van der Waals surface area (Å²) in [5.74, 6) is 0.758. The molecule has 1 heterocycles. The number of hydrogen-bond acceptors (Lipinski definition) is 4. The van der Waals surface area contributed by atoms with Crippen LogP contribution in [0.15, 0.2) is 48.5 Å². The summed E-state index contributed by atoms with van der Waals surface area (Å²) in [4.78, 5) is 29.3. The Hall–Kier alpha value is -3.02. The largest absolute Gasteiger partial charge is 0.494 e. The average molecular weight is 438 g/mol. The number of hydrogen-bond donors (Lipinski definition) is 1. The molecule has 172 valence electrons. The molecule has 0 saturated carbocycles. The molecular formula is C26H35N3O3. The van der Waals surface area contributed by atoms with Crippen molar-refractivity contribution in [2.75, 3.05) is 43.0 Å². The number of piperazine rings is 1. The molecule has 32 heavy (non-hydrogen) atoms. The molecule has 2 aromatic carbocycles. The fourth-order valence-electron chi connectivity index (χ4n) is 3.66. The number of ether oxygens (including phenoxy) is 1. The zero-order valence-corrected chi connectivity index (χ0v) is 19.7. The highest BCUT2D eigenvalue weighted by atomic mass is 16.5. The molecule has 0 spiro atoms. The number of nitrogens with one attached hydrogen (secondary N) is 1. The molecule has 2 amide bonds. The van der Waals surface area contributed by atoms with Crippen LogP contribution in [0.1, 0.15) is 50.9 Å². The summed E-state index contributed by atoms with van der Waals surface area (Å²) >= 11 is 0. The van der Waals surface area contributed by atoms with Gasteiger partial charge < -0.3 is 19.9 Å². The maximum Gasteiger partial charge on any atom is 0.255 e. The number of nitrogens with zero attached hydrogens (tertiary/aromatic N) is 2. The molecule has 0 aromatic heterocycles. The first-order valence-corrected chi connectivity index (χ1v) is 11.5. The number of unbranched alkanes of at least 4 members (excludes halogenated alkanes) is 1. The minimum Gasteiger partial charge on any atom is -0.494 e. The normalized spacial score (nSPS) is 14.2. The van der Waals surface area contributed by atoms with E-state index in [9.17, 15) is 9.59 Å². The molecule has 1 fully saturated rings. The molecule has 0 unspecified atom stereocenters. The highest BCUT2D eigenvalue weighted by Gasteiger charge is 2.29. The third-order valence-electron chi connectivity index (χ3n) is 5.56. The van der Waals surface area contributed by atoms with Crippen molar-refractivity contribution < 1.29 is 14.3 Å². The van der Waals surface area contributed by atoms with Gasteiger partial charge in [0.1, 0.15) is 5.75 Å². The summed E-state index contributed by atoms with van der Waals surface area (Å²) in [7, 11) is 0. The molecule has 1 N–H and O–H groups in total. The average Bonchev–Trinajstić information content (AvgIpc) is 2.79. The molecule has 3 rings (SSSR count). The van der Waals surface area contributed by atoms with E-state index in [0.29, 0.717) is 17.9 Å². The monoisotopic (exact) mass is 437 g/mol. The van der Waals surface area contributed by atoms with E-state index in [1.165, 1.54) is 0 Å². The third-order valence-corrected chi connectivity index (χ3v) is 5.56. The van der Waals surface area contributed by atoms with Crippen LogP contribution in [0, 0.1) is 5.41 Å². The molecule has 1 saturated heterocycles. The summed E-state index contributed by atoms with van der Waals surface area (Å²) in [5, 5.41) is 2.96. The van der Waals surface area contributed by atoms with Gasteiger partial charge in [0.2, 0.25) is 5.91 Å². The molecule has 0 radical (unpaired) electrons. The second-order valence-electron chi connectivity index (χ2n) is 9.26. The number of carbonyl (C=O) groups excluding carboxylic acids is 2. The summed E-state index contributed by atoms with van der Waals surface area (Å²) in [6, 6.07) is 15.1. The molecule has 1 aliphatic rings. The molecule has 0 atom stereocenters. The van der Waals surface area contributed by atoms with Gasteiger partial charge in [0, 0.05) is 48.5 Å². The van der Waals surface area contributed by atoms with Gasteiger partial charge in [-0.1, -0.05) is 40.2 Å². The lowest BCUT2D eigenvalue weighted by molar-refractivity contribution is -0.139. The van der Waals surface area contributed by atoms with Crippen LogP contribution in [0.25, 0.3) is 0 Å². The van der Waals surface area contributed by atoms with Crippen molar-refractivity contribution in [2.24, 2.45) is 5.41 Å². The zero-order chi connectivity index (χ0) is 23.1. The topological polar surface area (TPSA) is 61.9 Å². The minimum absolute atomic E-state index is 0.159. The summed E-state index contributed by atoms with van der Waals surface area (Å²) < 4.78 is 5.70. The van der Waals surface area contributed by atoms with E-state index in [1.54, 1.807) is 12.1 Å². The first kappa shape index (κ1) is 23.6. The standard InChI is InChI=1S/C26H35N3O3/c1-5-6-18-32-23-9-7-8-20(19-23)24(30)27-21-10-12-22(13-11-21)28-14-16-29(17-15-28)25(31)26(2,3)4/h7-13,19H,5-6,14-18H2,1-4H3,(H,27,30). The number of carbonyl (C=O) groups is 2. The van der Waals surface area contributed by atoms with Gasteiger partial charge in [-0.2, -0.15) is 0 Å². The van der Waals surface area contributed by atoms with Crippen molar-refractivity contribution in [3.63, 3.8) is 0 Å². The number of amides is 2. The van der Waals surface area contributed by atoms with Crippen LogP contribution in [-0.4, -0.2) is 49.5 Å². The lowest BCUT2D eigenvalue weighted by Crippen LogP contribution is -2.51. The Morgan fingerprint density at radius 3 is 2.31 bits per heavy atom. The number of rotatable bonds is 7. The van der Waals surface area contributed by atoms with Crippen LogP contribution >= 0.6 is 0 Å². The fraction of sp³-hybridized carbons (Fsp3) is 0.462. The number of benzene rings is 2. The van der Waals surface area contributed by atoms with Crippen molar-refractivity contribution in [3.05, 3.63) is 54.1 Å². The van der Waals surface area contributed by atoms with Gasteiger partial charge in [-0.25, -0.2) is 0 Å². The molecule has 0 bridgehead atoms. The zero-order valence-electron chi connectivity index (χ0n) is 19.7.